The molecule has 0 heterocycles. The topological polar surface area (TPSA) is 21.3 Å². The van der Waals surface area contributed by atoms with Crippen molar-refractivity contribution in [1.29, 1.82) is 0 Å². The van der Waals surface area contributed by atoms with Gasteiger partial charge in [0.05, 0.1) is 0 Å². The normalized spacial score (nSPS) is 19.0. The number of rotatable bonds is 5. The average Bonchev–Trinajstić information content (AvgIpc) is 3.05. The minimum Gasteiger partial charge on any atom is -0.406 e. The van der Waals surface area contributed by atoms with Gasteiger partial charge in [-0.25, -0.2) is 0 Å². The highest BCUT2D eigenvalue weighted by Crippen LogP contribution is 2.48. The van der Waals surface area contributed by atoms with Crippen LogP contribution in [-0.4, -0.2) is 19.5 Å². The maximum absolute atomic E-state index is 12.0. The molecule has 1 aromatic rings. The maximum Gasteiger partial charge on any atom is 0.573 e. The lowest BCUT2D eigenvalue weighted by molar-refractivity contribution is -0.274. The Kier molecular flexibility index (Phi) is 3.76. The van der Waals surface area contributed by atoms with E-state index in [1.807, 2.05) is 7.05 Å². The molecule has 1 aromatic carbocycles. The van der Waals surface area contributed by atoms with E-state index < -0.39 is 6.36 Å². The summed E-state index contributed by atoms with van der Waals surface area (Å²) in [5, 5.41) is 3.29. The van der Waals surface area contributed by atoms with Gasteiger partial charge < -0.3 is 10.1 Å². The zero-order chi connectivity index (χ0) is 14.1. The van der Waals surface area contributed by atoms with Crippen molar-refractivity contribution in [2.75, 3.05) is 7.05 Å². The summed E-state index contributed by atoms with van der Waals surface area (Å²) in [5.74, 6) is -0.171. The monoisotopic (exact) mass is 273 g/mol. The van der Waals surface area contributed by atoms with E-state index in [2.05, 4.69) is 17.0 Å². The fraction of sp³-hybridized carbons (Fsp3) is 0.571. The predicted molar refractivity (Wildman–Crippen MR) is 67.0 cm³/mol. The minimum absolute atomic E-state index is 0.171. The first-order chi connectivity index (χ1) is 8.82. The zero-order valence-corrected chi connectivity index (χ0v) is 11.1. The van der Waals surface area contributed by atoms with Crippen LogP contribution < -0.4 is 10.1 Å². The third-order valence-corrected chi connectivity index (χ3v) is 3.83. The van der Waals surface area contributed by atoms with Gasteiger partial charge in [-0.2, -0.15) is 0 Å². The standard InChI is InChI=1S/C14H18F3NO/c1-13(7-8-13)12(18-2)9-10-3-5-11(6-4-10)19-14(15,16)17/h3-6,12,18H,7-9H2,1-2H3. The van der Waals surface area contributed by atoms with Crippen LogP contribution in [0.1, 0.15) is 25.3 Å². The summed E-state index contributed by atoms with van der Waals surface area (Å²) in [6.45, 7) is 2.23. The van der Waals surface area contributed by atoms with Crippen LogP contribution in [0.25, 0.3) is 0 Å². The molecule has 0 aromatic heterocycles. The Morgan fingerprint density at radius 1 is 1.26 bits per heavy atom. The summed E-state index contributed by atoms with van der Waals surface area (Å²) in [7, 11) is 1.93. The fourth-order valence-electron chi connectivity index (χ4n) is 2.31. The van der Waals surface area contributed by atoms with Crippen LogP contribution in [0.4, 0.5) is 13.2 Å². The van der Waals surface area contributed by atoms with Crippen LogP contribution in [0.3, 0.4) is 0 Å². The quantitative estimate of drug-likeness (QED) is 0.886. The van der Waals surface area contributed by atoms with Gasteiger partial charge >= 0.3 is 6.36 Å². The Balaban J connectivity index is 1.98. The maximum atomic E-state index is 12.0. The van der Waals surface area contributed by atoms with E-state index in [-0.39, 0.29) is 5.75 Å². The minimum atomic E-state index is -4.63. The molecule has 1 fully saturated rings. The number of benzene rings is 1. The molecule has 0 aliphatic heterocycles. The van der Waals surface area contributed by atoms with E-state index >= 15 is 0 Å². The second-order valence-corrected chi connectivity index (χ2v) is 5.39. The molecule has 0 radical (unpaired) electrons. The number of likely N-dealkylation sites (N-methyl/N-ethyl adjacent to an activating group) is 1. The third-order valence-electron chi connectivity index (χ3n) is 3.83. The van der Waals surface area contributed by atoms with Crippen molar-refractivity contribution in [2.45, 2.75) is 38.6 Å². The Bertz CT molecular complexity index is 423. The van der Waals surface area contributed by atoms with E-state index in [9.17, 15) is 13.2 Å². The summed E-state index contributed by atoms with van der Waals surface area (Å²) in [4.78, 5) is 0. The van der Waals surface area contributed by atoms with E-state index in [0.717, 1.165) is 12.0 Å². The third kappa shape index (κ3) is 3.86. The van der Waals surface area contributed by atoms with E-state index in [1.165, 1.54) is 25.0 Å². The van der Waals surface area contributed by atoms with Crippen LogP contribution in [0.5, 0.6) is 5.75 Å². The number of nitrogens with one attached hydrogen (secondary N) is 1. The van der Waals surface area contributed by atoms with Crippen LogP contribution in [-0.2, 0) is 6.42 Å². The lowest BCUT2D eigenvalue weighted by atomic mass is 9.92. The van der Waals surface area contributed by atoms with Crippen LogP contribution in [0, 0.1) is 5.41 Å². The zero-order valence-electron chi connectivity index (χ0n) is 11.1. The van der Waals surface area contributed by atoms with Crippen molar-refractivity contribution in [1.82, 2.24) is 5.32 Å². The van der Waals surface area contributed by atoms with Gasteiger partial charge in [0.25, 0.3) is 0 Å². The largest absolute Gasteiger partial charge is 0.573 e. The molecule has 2 rings (SSSR count). The highest BCUT2D eigenvalue weighted by molar-refractivity contribution is 5.28. The Morgan fingerprint density at radius 2 is 1.84 bits per heavy atom. The summed E-state index contributed by atoms with van der Waals surface area (Å²) in [5.41, 5.74) is 1.34. The lowest BCUT2D eigenvalue weighted by Gasteiger charge is -2.23. The number of hydrogen-bond donors (Lipinski definition) is 1. The van der Waals surface area contributed by atoms with Gasteiger partial charge in [0.2, 0.25) is 0 Å². The number of ether oxygens (including phenoxy) is 1. The van der Waals surface area contributed by atoms with Gasteiger partial charge in [0, 0.05) is 6.04 Å². The summed E-state index contributed by atoms with van der Waals surface area (Å²) >= 11 is 0. The Labute approximate surface area is 111 Å². The molecule has 1 N–H and O–H groups in total. The summed E-state index contributed by atoms with van der Waals surface area (Å²) in [6.07, 6.45) is -1.41. The molecule has 1 unspecified atom stereocenters. The second-order valence-electron chi connectivity index (χ2n) is 5.39. The first kappa shape index (κ1) is 14.2. The molecule has 0 amide bonds. The van der Waals surface area contributed by atoms with E-state index in [0.29, 0.717) is 11.5 Å². The van der Waals surface area contributed by atoms with Crippen LogP contribution >= 0.6 is 0 Å². The molecule has 0 spiro atoms. The van der Waals surface area contributed by atoms with Crippen molar-refractivity contribution in [3.8, 4) is 5.75 Å². The van der Waals surface area contributed by atoms with Crippen LogP contribution in [0.2, 0.25) is 0 Å². The summed E-state index contributed by atoms with van der Waals surface area (Å²) in [6, 6.07) is 6.48. The summed E-state index contributed by atoms with van der Waals surface area (Å²) < 4.78 is 40.0. The van der Waals surface area contributed by atoms with Crippen molar-refractivity contribution in [3.05, 3.63) is 29.8 Å². The fourth-order valence-corrected chi connectivity index (χ4v) is 2.31. The van der Waals surface area contributed by atoms with E-state index in [1.54, 1.807) is 12.1 Å². The van der Waals surface area contributed by atoms with Gasteiger partial charge in [0.1, 0.15) is 5.75 Å². The first-order valence-corrected chi connectivity index (χ1v) is 6.34. The van der Waals surface area contributed by atoms with Crippen molar-refractivity contribution in [2.24, 2.45) is 5.41 Å². The van der Waals surface area contributed by atoms with Gasteiger partial charge in [-0.05, 0) is 49.4 Å². The predicted octanol–water partition coefficient (Wildman–Crippen LogP) is 3.52. The highest BCUT2D eigenvalue weighted by Gasteiger charge is 2.43. The second kappa shape index (κ2) is 5.04. The van der Waals surface area contributed by atoms with Gasteiger partial charge in [-0.15, -0.1) is 13.2 Å². The van der Waals surface area contributed by atoms with E-state index in [4.69, 9.17) is 0 Å². The molecule has 1 aliphatic rings. The van der Waals surface area contributed by atoms with Crippen molar-refractivity contribution < 1.29 is 17.9 Å². The molecule has 0 saturated heterocycles. The molecule has 106 valence electrons. The molecule has 1 atom stereocenters. The van der Waals surface area contributed by atoms with Gasteiger partial charge in [0.15, 0.2) is 0 Å². The molecular weight excluding hydrogens is 255 g/mol. The van der Waals surface area contributed by atoms with Crippen molar-refractivity contribution >= 4 is 0 Å². The molecule has 19 heavy (non-hydrogen) atoms. The molecule has 1 saturated carbocycles. The Morgan fingerprint density at radius 3 is 2.26 bits per heavy atom. The van der Waals surface area contributed by atoms with Gasteiger partial charge in [-0.1, -0.05) is 19.1 Å². The lowest BCUT2D eigenvalue weighted by Crippen LogP contribution is -2.35. The smallest absolute Gasteiger partial charge is 0.406 e. The SMILES string of the molecule is CNC(Cc1ccc(OC(F)(F)F)cc1)C1(C)CC1. The highest BCUT2D eigenvalue weighted by atomic mass is 19.4. The average molecular weight is 273 g/mol. The molecular formula is C14H18F3NO. The number of hydrogen-bond acceptors (Lipinski definition) is 2. The molecule has 5 heteroatoms. The van der Waals surface area contributed by atoms with Gasteiger partial charge in [-0.3, -0.25) is 0 Å². The number of halogens is 3. The molecule has 0 bridgehead atoms. The molecule has 1 aliphatic carbocycles. The van der Waals surface area contributed by atoms with Crippen LogP contribution in [0.15, 0.2) is 24.3 Å². The van der Waals surface area contributed by atoms with Crippen molar-refractivity contribution in [3.63, 3.8) is 0 Å². The number of alkyl halides is 3. The Hall–Kier alpha value is -1.23. The molecule has 2 nitrogen and oxygen atoms in total. The first-order valence-electron chi connectivity index (χ1n) is 6.34.